The van der Waals surface area contributed by atoms with Crippen LogP contribution in [0.15, 0.2) is 18.2 Å². The van der Waals surface area contributed by atoms with Crippen molar-refractivity contribution in [3.05, 3.63) is 39.7 Å². The largest absolute Gasteiger partial charge is 0.379 e. The number of ether oxygens (including phenoxy) is 1. The molecule has 2 fully saturated rings. The molecule has 27 heavy (non-hydrogen) atoms. The average Bonchev–Trinajstić information content (AvgIpc) is 2.69. The van der Waals surface area contributed by atoms with Crippen LogP contribution in [0.2, 0.25) is 0 Å². The van der Waals surface area contributed by atoms with Crippen LogP contribution in [0.3, 0.4) is 0 Å². The van der Waals surface area contributed by atoms with Crippen LogP contribution < -0.4 is 5.32 Å². The van der Waals surface area contributed by atoms with E-state index in [-0.39, 0.29) is 16.7 Å². The highest BCUT2D eigenvalue weighted by Gasteiger charge is 2.29. The Morgan fingerprint density at radius 2 is 1.96 bits per heavy atom. The summed E-state index contributed by atoms with van der Waals surface area (Å²) in [4.78, 5) is 16.8. The van der Waals surface area contributed by atoms with Gasteiger partial charge in [-0.25, -0.2) is 4.85 Å². The smallest absolute Gasteiger partial charge is 0.289 e. The summed E-state index contributed by atoms with van der Waals surface area (Å²) in [6.07, 6.45) is 7.04. The van der Waals surface area contributed by atoms with Crippen molar-refractivity contribution in [2.75, 3.05) is 25.0 Å². The zero-order valence-corrected chi connectivity index (χ0v) is 15.9. The van der Waals surface area contributed by atoms with E-state index in [1.54, 1.807) is 6.07 Å². The van der Waals surface area contributed by atoms with E-state index in [0.717, 1.165) is 45.4 Å². The fourth-order valence-corrected chi connectivity index (χ4v) is 4.31. The molecule has 146 valence electrons. The highest BCUT2D eigenvalue weighted by atomic mass is 16.6. The Balaban J connectivity index is 1.53. The lowest BCUT2D eigenvalue weighted by Crippen LogP contribution is -2.46. The number of hydrogen-bond acceptors (Lipinski definition) is 5. The molecular weight excluding hydrogens is 344 g/mol. The summed E-state index contributed by atoms with van der Waals surface area (Å²) >= 11 is 0. The molecule has 7 nitrogen and oxygen atoms in total. The van der Waals surface area contributed by atoms with Gasteiger partial charge in [0.15, 0.2) is 5.69 Å². The fraction of sp³-hybridized carbons (Fsp3) is 0.650. The van der Waals surface area contributed by atoms with Crippen LogP contribution >= 0.6 is 0 Å². The van der Waals surface area contributed by atoms with Gasteiger partial charge in [-0.15, -0.1) is 0 Å². The molecule has 1 heterocycles. The summed E-state index contributed by atoms with van der Waals surface area (Å²) in [6, 6.07) is 5.36. The Bertz CT molecular complexity index is 687. The van der Waals surface area contributed by atoms with E-state index < -0.39 is 0 Å². The lowest BCUT2D eigenvalue weighted by molar-refractivity contribution is -0.384. The highest BCUT2D eigenvalue weighted by Crippen LogP contribution is 2.32. The first-order chi connectivity index (χ1) is 13.1. The van der Waals surface area contributed by atoms with E-state index in [9.17, 15) is 10.1 Å². The van der Waals surface area contributed by atoms with Crippen LogP contribution in [0, 0.1) is 16.7 Å². The number of nitrogens with zero attached hydrogens (tertiary/aromatic N) is 3. The number of benzene rings is 1. The van der Waals surface area contributed by atoms with Gasteiger partial charge >= 0.3 is 0 Å². The minimum atomic E-state index is -0.387. The first kappa shape index (κ1) is 19.6. The lowest BCUT2D eigenvalue weighted by atomic mass is 9.90. The SMILES string of the molecule is [C-]#[N+]c1ccc([N+](=O)[O-])c(NC2CCN([C@H]3CC[C@H](OCC)CC3)CC2)c1. The number of anilines is 1. The first-order valence-corrected chi connectivity index (χ1v) is 9.88. The number of likely N-dealkylation sites (tertiary alicyclic amines) is 1. The van der Waals surface area contributed by atoms with E-state index in [0.29, 0.717) is 23.5 Å². The lowest BCUT2D eigenvalue weighted by Gasteiger charge is -2.41. The molecule has 1 aliphatic carbocycles. The molecule has 0 bridgehead atoms. The average molecular weight is 372 g/mol. The molecular formula is C20H28N4O3. The van der Waals surface area contributed by atoms with Gasteiger partial charge in [-0.2, -0.15) is 0 Å². The third kappa shape index (κ3) is 4.96. The maximum Gasteiger partial charge on any atom is 0.289 e. The first-order valence-electron chi connectivity index (χ1n) is 9.88. The molecule has 7 heteroatoms. The molecule has 1 aromatic rings. The van der Waals surface area contributed by atoms with Crippen molar-refractivity contribution in [3.63, 3.8) is 0 Å². The Morgan fingerprint density at radius 1 is 1.26 bits per heavy atom. The minimum Gasteiger partial charge on any atom is -0.379 e. The van der Waals surface area contributed by atoms with Crippen molar-refractivity contribution < 1.29 is 9.66 Å². The number of nitro groups is 1. The van der Waals surface area contributed by atoms with Gasteiger partial charge in [0.25, 0.3) is 5.69 Å². The van der Waals surface area contributed by atoms with Crippen LogP contribution in [0.5, 0.6) is 0 Å². The van der Waals surface area contributed by atoms with E-state index in [2.05, 4.69) is 22.0 Å². The summed E-state index contributed by atoms with van der Waals surface area (Å²) in [7, 11) is 0. The molecule has 1 aromatic carbocycles. The summed E-state index contributed by atoms with van der Waals surface area (Å²) in [5.74, 6) is 0. The Kier molecular flexibility index (Phi) is 6.64. The van der Waals surface area contributed by atoms with Crippen LogP contribution in [-0.4, -0.2) is 47.7 Å². The van der Waals surface area contributed by atoms with Gasteiger partial charge < -0.3 is 15.0 Å². The summed E-state index contributed by atoms with van der Waals surface area (Å²) < 4.78 is 5.75. The van der Waals surface area contributed by atoms with Gasteiger partial charge in [0.05, 0.1) is 17.6 Å². The van der Waals surface area contributed by atoms with Crippen molar-refractivity contribution in [1.29, 1.82) is 0 Å². The molecule has 0 radical (unpaired) electrons. The third-order valence-corrected chi connectivity index (χ3v) is 5.76. The highest BCUT2D eigenvalue weighted by molar-refractivity contribution is 5.69. The second kappa shape index (κ2) is 9.16. The molecule has 0 aromatic heterocycles. The van der Waals surface area contributed by atoms with Crippen LogP contribution in [0.1, 0.15) is 45.4 Å². The van der Waals surface area contributed by atoms with Crippen molar-refractivity contribution in [2.24, 2.45) is 0 Å². The van der Waals surface area contributed by atoms with Crippen molar-refractivity contribution in [1.82, 2.24) is 4.90 Å². The van der Waals surface area contributed by atoms with Gasteiger partial charge in [0, 0.05) is 37.8 Å². The van der Waals surface area contributed by atoms with Gasteiger partial charge in [-0.3, -0.25) is 10.1 Å². The molecule has 1 saturated heterocycles. The van der Waals surface area contributed by atoms with E-state index in [1.807, 2.05) is 0 Å². The zero-order valence-electron chi connectivity index (χ0n) is 15.9. The Hall–Kier alpha value is -2.17. The Morgan fingerprint density at radius 3 is 2.56 bits per heavy atom. The molecule has 3 rings (SSSR count). The number of hydrogen-bond donors (Lipinski definition) is 1. The monoisotopic (exact) mass is 372 g/mol. The molecule has 1 N–H and O–H groups in total. The number of nitrogens with one attached hydrogen (secondary N) is 1. The third-order valence-electron chi connectivity index (χ3n) is 5.76. The summed E-state index contributed by atoms with van der Waals surface area (Å²) in [6.45, 7) is 12.0. The van der Waals surface area contributed by atoms with Crippen molar-refractivity contribution in [3.8, 4) is 0 Å². The van der Waals surface area contributed by atoms with Gasteiger partial charge in [0.2, 0.25) is 0 Å². The second-order valence-electron chi connectivity index (χ2n) is 7.41. The zero-order chi connectivity index (χ0) is 19.2. The quantitative estimate of drug-likeness (QED) is 0.456. The van der Waals surface area contributed by atoms with E-state index in [1.165, 1.54) is 25.0 Å². The van der Waals surface area contributed by atoms with Gasteiger partial charge in [-0.1, -0.05) is 0 Å². The molecule has 0 atom stereocenters. The van der Waals surface area contributed by atoms with Crippen LogP contribution in [0.25, 0.3) is 4.85 Å². The number of rotatable bonds is 6. The number of nitro benzene ring substituents is 1. The van der Waals surface area contributed by atoms with Crippen molar-refractivity contribution >= 4 is 17.1 Å². The molecule has 0 amide bonds. The summed E-state index contributed by atoms with van der Waals surface area (Å²) in [5, 5.41) is 14.6. The topological polar surface area (TPSA) is 72.0 Å². The maximum absolute atomic E-state index is 11.3. The van der Waals surface area contributed by atoms with Gasteiger partial charge in [0.1, 0.15) is 5.69 Å². The molecule has 1 aliphatic heterocycles. The van der Waals surface area contributed by atoms with Crippen LogP contribution in [0.4, 0.5) is 17.1 Å². The number of piperidine rings is 1. The predicted molar refractivity (Wildman–Crippen MR) is 105 cm³/mol. The molecule has 2 aliphatic rings. The normalized spacial score (nSPS) is 24.3. The molecule has 0 spiro atoms. The van der Waals surface area contributed by atoms with Gasteiger partial charge in [-0.05, 0) is 57.6 Å². The Labute approximate surface area is 160 Å². The summed E-state index contributed by atoms with van der Waals surface area (Å²) in [5.41, 5.74) is 0.926. The van der Waals surface area contributed by atoms with E-state index >= 15 is 0 Å². The van der Waals surface area contributed by atoms with Crippen LogP contribution in [-0.2, 0) is 4.74 Å². The predicted octanol–water partition coefficient (Wildman–Crippen LogP) is 4.37. The fourth-order valence-electron chi connectivity index (χ4n) is 4.31. The second-order valence-corrected chi connectivity index (χ2v) is 7.41. The van der Waals surface area contributed by atoms with Crippen molar-refractivity contribution in [2.45, 2.75) is 63.6 Å². The molecule has 0 unspecified atom stereocenters. The molecule has 1 saturated carbocycles. The standard InChI is InChI=1S/C20H28N4O3/c1-3-27-18-7-5-17(6-8-18)23-12-10-15(11-13-23)22-19-14-16(21-2)4-9-20(19)24(25)26/h4,9,14-15,17-18,22H,3,5-8,10-13H2,1H3/t17-,18-. The van der Waals surface area contributed by atoms with E-state index in [4.69, 9.17) is 11.3 Å². The maximum atomic E-state index is 11.3. The minimum absolute atomic E-state index is 0.0408.